The molecule has 0 aliphatic heterocycles. The minimum absolute atomic E-state index is 0. The Morgan fingerprint density at radius 2 is 0.195 bits per heavy atom. The van der Waals surface area contributed by atoms with Gasteiger partial charge in [0, 0.05) is 16.5 Å². The molecule has 12 aliphatic rings. The smallest absolute Gasteiger partial charge is 0.309 e. The second-order valence-corrected chi connectivity index (χ2v) is 29.4. The van der Waals surface area contributed by atoms with E-state index in [-0.39, 0.29) is 16.5 Å². The van der Waals surface area contributed by atoms with Crippen LogP contribution in [0.3, 0.4) is 0 Å². The van der Waals surface area contributed by atoms with Gasteiger partial charge in [0.1, 0.15) is 0 Å². The normalized spacial score (nSPS) is 26.6. The topological polar surface area (TPSA) is 111 Å². The van der Waals surface area contributed by atoms with E-state index in [0.29, 0.717) is 73.2 Å². The summed E-state index contributed by atoms with van der Waals surface area (Å²) in [4.78, 5) is 0. The van der Waals surface area contributed by atoms with Gasteiger partial charge in [-0.2, -0.15) is 0 Å². The molecular weight excluding hydrogens is 1100 g/mol. The summed E-state index contributed by atoms with van der Waals surface area (Å²) in [6.45, 7) is 0. The molecule has 0 amide bonds. The van der Waals surface area contributed by atoms with E-state index in [1.807, 2.05) is 0 Å². The second-order valence-electron chi connectivity index (χ2n) is 25.0. The van der Waals surface area contributed by atoms with Crippen molar-refractivity contribution in [2.75, 3.05) is 0 Å². The molecule has 17 heteroatoms. The number of hydrogen-bond acceptors (Lipinski definition) is 12. The maximum absolute atomic E-state index is 6.16. The van der Waals surface area contributed by atoms with Gasteiger partial charge in [0.2, 0.25) is 0 Å². The Kier molecular flexibility index (Phi) is 32.0. The molecule has 12 nitrogen and oxygen atoms in total. The van der Waals surface area contributed by atoms with Gasteiger partial charge in [0.05, 0.1) is 73.2 Å². The van der Waals surface area contributed by atoms with Crippen molar-refractivity contribution in [3.63, 3.8) is 0 Å². The molecule has 0 radical (unpaired) electrons. The molecule has 0 unspecified atom stereocenters. The van der Waals surface area contributed by atoms with Crippen molar-refractivity contribution < 1.29 is 70.8 Å². The van der Waals surface area contributed by atoms with Crippen LogP contribution in [0.25, 0.3) is 0 Å². The molecule has 0 spiro atoms. The van der Waals surface area contributed by atoms with E-state index in [1.165, 1.54) is 308 Å². The Bertz CT molecular complexity index is 1080. The van der Waals surface area contributed by atoms with E-state index in [9.17, 15) is 0 Å². The van der Waals surface area contributed by atoms with E-state index in [0.717, 1.165) is 0 Å². The van der Waals surface area contributed by atoms with Crippen molar-refractivity contribution >= 4 is 34.4 Å². The second kappa shape index (κ2) is 38.0. The molecule has 0 N–H and O–H groups in total. The molecule has 12 fully saturated rings. The van der Waals surface area contributed by atoms with Crippen LogP contribution in [0.1, 0.15) is 308 Å². The van der Waals surface area contributed by atoms with Crippen LogP contribution in [0.4, 0.5) is 0 Å². The molecule has 0 aromatic carbocycles. The summed E-state index contributed by atoms with van der Waals surface area (Å²) in [5.74, 6) is 0. The zero-order chi connectivity index (χ0) is 51.7. The predicted molar refractivity (Wildman–Crippen MR) is 308 cm³/mol. The van der Waals surface area contributed by atoms with Crippen LogP contribution in [0.5, 0.6) is 0 Å². The fourth-order valence-corrected chi connectivity index (χ4v) is 19.7. The molecule has 0 bridgehead atoms. The van der Waals surface area contributed by atoms with E-state index in [2.05, 4.69) is 0 Å². The van der Waals surface area contributed by atoms with Crippen LogP contribution in [0.2, 0.25) is 0 Å². The van der Waals surface area contributed by atoms with Crippen molar-refractivity contribution in [2.24, 2.45) is 0 Å². The molecule has 0 saturated heterocycles. The van der Waals surface area contributed by atoms with E-state index < -0.39 is 34.4 Å². The van der Waals surface area contributed by atoms with Gasteiger partial charge in [0.25, 0.3) is 0 Å². The van der Waals surface area contributed by atoms with Crippen LogP contribution in [-0.2, 0) is 70.8 Å². The first-order valence-corrected chi connectivity index (χ1v) is 37.2. The first-order valence-electron chi connectivity index (χ1n) is 32.8. The summed E-state index contributed by atoms with van der Waals surface area (Å²) in [7, 11) is -4.37. The van der Waals surface area contributed by atoms with Crippen molar-refractivity contribution in [2.45, 2.75) is 381 Å². The maximum Gasteiger partial charge on any atom is 0.333 e. The van der Waals surface area contributed by atoms with Crippen molar-refractivity contribution in [3.8, 4) is 0 Å². The van der Waals surface area contributed by atoms with Gasteiger partial charge in [-0.25, -0.2) is 0 Å². The average molecular weight is 1200 g/mol. The third kappa shape index (κ3) is 24.9. The summed E-state index contributed by atoms with van der Waals surface area (Å²) < 4.78 is 73.9. The van der Waals surface area contributed by atoms with Crippen molar-refractivity contribution in [1.82, 2.24) is 0 Å². The Morgan fingerprint density at radius 1 is 0.130 bits per heavy atom. The summed E-state index contributed by atoms with van der Waals surface area (Å²) in [5, 5.41) is 0. The first kappa shape index (κ1) is 64.7. The number of rotatable bonds is 24. The molecule has 450 valence electrons. The molecular formula is C60H108NiO12P4. The van der Waals surface area contributed by atoms with E-state index in [1.54, 1.807) is 0 Å². The van der Waals surface area contributed by atoms with Crippen LogP contribution in [0.15, 0.2) is 0 Å². The molecule has 12 aliphatic carbocycles. The molecule has 12 saturated carbocycles. The Labute approximate surface area is 484 Å². The standard InChI is InChI=1S/4C15H27O3P.Ni/c4*1-2-8-13(7-1)16-19(17-14-9-3-4-10-14)18-15-11-5-6-12-15;/h4*13-15H,1-12H2;. The van der Waals surface area contributed by atoms with E-state index >= 15 is 0 Å². The van der Waals surface area contributed by atoms with Crippen molar-refractivity contribution in [1.29, 1.82) is 0 Å². The summed E-state index contributed by atoms with van der Waals surface area (Å²) >= 11 is 0. The van der Waals surface area contributed by atoms with Gasteiger partial charge in [0.15, 0.2) is 0 Å². The quantitative estimate of drug-likeness (QED) is 0.0678. The molecule has 0 heterocycles. The molecule has 0 aromatic rings. The molecule has 0 aromatic heterocycles. The molecule has 12 rings (SSSR count). The molecule has 77 heavy (non-hydrogen) atoms. The maximum atomic E-state index is 6.16. The summed E-state index contributed by atoms with van der Waals surface area (Å²) in [6.07, 6.45) is 64.8. The first-order chi connectivity index (χ1) is 37.6. The third-order valence-electron chi connectivity index (χ3n) is 18.4. The third-order valence-corrected chi connectivity index (χ3v) is 24.1. The number of hydrogen-bond donors (Lipinski definition) is 0. The van der Waals surface area contributed by atoms with E-state index in [4.69, 9.17) is 54.3 Å². The van der Waals surface area contributed by atoms with Crippen LogP contribution >= 0.6 is 34.4 Å². The zero-order valence-corrected chi connectivity index (χ0v) is 52.4. The Morgan fingerprint density at radius 3 is 0.260 bits per heavy atom. The van der Waals surface area contributed by atoms with Crippen LogP contribution in [0, 0.1) is 0 Å². The van der Waals surface area contributed by atoms with Gasteiger partial charge < -0.3 is 54.3 Å². The Hall–Kier alpha value is 1.73. The van der Waals surface area contributed by atoms with Crippen LogP contribution in [-0.4, -0.2) is 73.2 Å². The van der Waals surface area contributed by atoms with Gasteiger partial charge in [-0.1, -0.05) is 154 Å². The minimum Gasteiger partial charge on any atom is -0.309 e. The summed E-state index contributed by atoms with van der Waals surface area (Å²) in [6, 6.07) is 0. The molecule has 0 atom stereocenters. The SMILES string of the molecule is C1CCC(OP(OC2CCCC2)OC2CCCC2)C1.C1CCC(OP(OC2CCCC2)OC2CCCC2)C1.C1CCC(OP(OC2CCCC2)OC2CCCC2)C1.C1CCC(OP(OC2CCCC2)OC2CCCC2)C1.[Ni]. The fraction of sp³-hybridized carbons (Fsp3) is 1.00. The average Bonchev–Trinajstić information content (AvgIpc) is 4.25. The monoisotopic (exact) mass is 1200 g/mol. The largest absolute Gasteiger partial charge is 0.333 e. The Balaban J connectivity index is 0.000000135. The fourth-order valence-electron chi connectivity index (χ4n) is 13.7. The zero-order valence-electron chi connectivity index (χ0n) is 47.9. The van der Waals surface area contributed by atoms with Crippen molar-refractivity contribution in [3.05, 3.63) is 0 Å². The minimum atomic E-state index is -1.09. The van der Waals surface area contributed by atoms with Crippen LogP contribution < -0.4 is 0 Å². The van der Waals surface area contributed by atoms with Gasteiger partial charge >= 0.3 is 34.4 Å². The predicted octanol–water partition coefficient (Wildman–Crippen LogP) is 20.4. The van der Waals surface area contributed by atoms with Gasteiger partial charge in [-0.3, -0.25) is 0 Å². The van der Waals surface area contributed by atoms with Gasteiger partial charge in [-0.15, -0.1) is 0 Å². The summed E-state index contributed by atoms with van der Waals surface area (Å²) in [5.41, 5.74) is 0. The van der Waals surface area contributed by atoms with Gasteiger partial charge in [-0.05, 0) is 154 Å².